The second kappa shape index (κ2) is 13.7. The van der Waals surface area contributed by atoms with Crippen LogP contribution in [0.5, 0.6) is 0 Å². The van der Waals surface area contributed by atoms with E-state index in [1.807, 2.05) is 73.7 Å². The molecule has 46 heavy (non-hydrogen) atoms. The molecule has 1 aliphatic carbocycles. The Morgan fingerprint density at radius 1 is 0.870 bits per heavy atom. The van der Waals surface area contributed by atoms with Gasteiger partial charge in [-0.15, -0.1) is 0 Å². The molecule has 0 spiro atoms. The molecule has 0 saturated carbocycles. The molecule has 0 fully saturated rings. The summed E-state index contributed by atoms with van der Waals surface area (Å²) in [6.45, 7) is 3.64. The fourth-order valence-corrected chi connectivity index (χ4v) is 7.06. The number of nitrogens with one attached hydrogen (secondary N) is 1. The number of ether oxygens (including phenoxy) is 1. The van der Waals surface area contributed by atoms with Crippen molar-refractivity contribution in [1.82, 2.24) is 4.72 Å². The van der Waals surface area contributed by atoms with Crippen molar-refractivity contribution in [3.63, 3.8) is 0 Å². The molecule has 3 atom stereocenters. The highest BCUT2D eigenvalue weighted by Gasteiger charge is 2.55. The van der Waals surface area contributed by atoms with Gasteiger partial charge in [0.05, 0.1) is 35.3 Å². The highest BCUT2D eigenvalue weighted by atomic mass is 32.2. The number of carbonyl (C=O) groups is 1. The van der Waals surface area contributed by atoms with Crippen molar-refractivity contribution in [2.75, 3.05) is 6.61 Å². The van der Waals surface area contributed by atoms with E-state index in [0.29, 0.717) is 16.7 Å². The summed E-state index contributed by atoms with van der Waals surface area (Å²) in [7, 11) is -4.12. The van der Waals surface area contributed by atoms with Crippen LogP contribution in [0.2, 0.25) is 0 Å². The Kier molecular flexibility index (Phi) is 9.51. The highest BCUT2D eigenvalue weighted by molar-refractivity contribution is 7.89. The number of hydrogen-bond acceptors (Lipinski definition) is 6. The van der Waals surface area contributed by atoms with Crippen LogP contribution in [0.15, 0.2) is 132 Å². The topological polar surface area (TPSA) is 120 Å². The quantitative estimate of drug-likeness (QED) is 0.199. The largest absolute Gasteiger partial charge is 0.466 e. The van der Waals surface area contributed by atoms with E-state index >= 15 is 0 Å². The normalized spacial score (nSPS) is 19.2. The van der Waals surface area contributed by atoms with Crippen LogP contribution in [0.4, 0.5) is 0 Å². The second-order valence-corrected chi connectivity index (χ2v) is 12.8. The third-order valence-electron chi connectivity index (χ3n) is 8.23. The summed E-state index contributed by atoms with van der Waals surface area (Å²) < 4.78 is 35.9. The molecule has 7 nitrogen and oxygen atoms in total. The Hall–Kier alpha value is -5.44. The Balaban J connectivity index is 1.81. The minimum atomic E-state index is -4.12. The molecular weight excluding hydrogens is 595 g/mol. The first-order chi connectivity index (χ1) is 22.2. The number of rotatable bonds is 9. The van der Waals surface area contributed by atoms with E-state index in [-0.39, 0.29) is 17.2 Å². The number of sulfonamides is 1. The standard InChI is InChI=1S/C38H33N3O4S/c1-3-45-37(42)36-32(28-13-7-4-8-14-28)23-33(29-15-9-5-10-16-29)38(25-39,26-40)34(36)24-35(30-17-11-6-12-18-30)41-46(43,44)31-21-19-27(2)20-22-31/h4-24,32,34,36,41H,3H2,1-2H3/b35-24+/t32-,34+,36-/m1/s1. The first-order valence-electron chi connectivity index (χ1n) is 14.9. The lowest BCUT2D eigenvalue weighted by Crippen LogP contribution is -2.44. The van der Waals surface area contributed by atoms with Gasteiger partial charge in [-0.3, -0.25) is 9.52 Å². The molecule has 4 aromatic rings. The number of allylic oxidation sites excluding steroid dienone is 3. The third-order valence-corrected chi connectivity index (χ3v) is 9.61. The zero-order valence-electron chi connectivity index (χ0n) is 25.5. The van der Waals surface area contributed by atoms with Gasteiger partial charge in [0, 0.05) is 11.8 Å². The molecule has 0 aromatic heterocycles. The summed E-state index contributed by atoms with van der Waals surface area (Å²) in [4.78, 5) is 14.0. The van der Waals surface area contributed by atoms with Crippen molar-refractivity contribution < 1.29 is 17.9 Å². The molecule has 230 valence electrons. The smallest absolute Gasteiger partial charge is 0.310 e. The number of nitriles is 2. The van der Waals surface area contributed by atoms with Gasteiger partial charge in [-0.05, 0) is 48.2 Å². The van der Waals surface area contributed by atoms with Crippen LogP contribution in [-0.2, 0) is 19.6 Å². The number of nitrogens with zero attached hydrogens (tertiary/aromatic N) is 2. The summed E-state index contributed by atoms with van der Waals surface area (Å²) in [5.41, 5.74) is 1.51. The Morgan fingerprint density at radius 2 is 1.43 bits per heavy atom. The van der Waals surface area contributed by atoms with E-state index < -0.39 is 39.2 Å². The van der Waals surface area contributed by atoms with E-state index in [9.17, 15) is 23.7 Å². The van der Waals surface area contributed by atoms with Crippen molar-refractivity contribution in [3.05, 3.63) is 150 Å². The highest BCUT2D eigenvalue weighted by Crippen LogP contribution is 2.55. The SMILES string of the molecule is CCOC(=O)[C@@H]1[C@@H](c2ccccc2)C=C(c2ccccc2)C(C#N)(C#N)[C@H]1/C=C(/NS(=O)(=O)c1ccc(C)cc1)c1ccccc1. The first kappa shape index (κ1) is 32.0. The van der Waals surface area contributed by atoms with Gasteiger partial charge in [-0.2, -0.15) is 10.5 Å². The fourth-order valence-electron chi connectivity index (χ4n) is 5.97. The van der Waals surface area contributed by atoms with Crippen molar-refractivity contribution in [1.29, 1.82) is 10.5 Å². The average molecular weight is 628 g/mol. The van der Waals surface area contributed by atoms with Crippen LogP contribution in [0.3, 0.4) is 0 Å². The molecule has 0 aliphatic heterocycles. The van der Waals surface area contributed by atoms with Crippen LogP contribution in [0.1, 0.15) is 35.1 Å². The molecule has 8 heteroatoms. The number of benzene rings is 4. The van der Waals surface area contributed by atoms with Crippen molar-refractivity contribution in [2.45, 2.75) is 24.7 Å². The van der Waals surface area contributed by atoms with E-state index in [4.69, 9.17) is 4.74 Å². The van der Waals surface area contributed by atoms with Crippen LogP contribution >= 0.6 is 0 Å². The number of aryl methyl sites for hydroxylation is 1. The molecule has 5 rings (SSSR count). The van der Waals surface area contributed by atoms with Gasteiger partial charge in [-0.25, -0.2) is 8.42 Å². The molecule has 0 amide bonds. The molecule has 0 unspecified atom stereocenters. The van der Waals surface area contributed by atoms with Gasteiger partial charge >= 0.3 is 5.97 Å². The maximum Gasteiger partial charge on any atom is 0.310 e. The Morgan fingerprint density at radius 3 is 2.00 bits per heavy atom. The molecule has 0 heterocycles. The summed E-state index contributed by atoms with van der Waals surface area (Å²) in [5.74, 6) is -3.37. The van der Waals surface area contributed by atoms with E-state index in [2.05, 4.69) is 16.9 Å². The number of hydrogen-bond donors (Lipinski definition) is 1. The lowest BCUT2D eigenvalue weighted by Gasteiger charge is -2.42. The van der Waals surface area contributed by atoms with Gasteiger partial charge < -0.3 is 4.74 Å². The lowest BCUT2D eigenvalue weighted by atomic mass is 9.56. The van der Waals surface area contributed by atoms with Gasteiger partial charge in [0.1, 0.15) is 0 Å². The fraction of sp³-hybridized carbons (Fsp3) is 0.184. The summed E-state index contributed by atoms with van der Waals surface area (Å²) in [6.07, 6.45) is 3.38. The Labute approximate surface area is 270 Å². The summed E-state index contributed by atoms with van der Waals surface area (Å²) >= 11 is 0. The van der Waals surface area contributed by atoms with Crippen LogP contribution in [-0.4, -0.2) is 21.0 Å². The second-order valence-electron chi connectivity index (χ2n) is 11.1. The maximum absolute atomic E-state index is 14.0. The lowest BCUT2D eigenvalue weighted by molar-refractivity contribution is -0.150. The molecular formula is C38H33N3O4S. The van der Waals surface area contributed by atoms with Crippen molar-refractivity contribution in [3.8, 4) is 12.1 Å². The van der Waals surface area contributed by atoms with E-state index in [1.54, 1.807) is 55.5 Å². The first-order valence-corrected chi connectivity index (χ1v) is 16.4. The molecule has 1 N–H and O–H groups in total. The van der Waals surface area contributed by atoms with Gasteiger partial charge in [0.25, 0.3) is 10.0 Å². The zero-order chi connectivity index (χ0) is 32.7. The molecule has 0 saturated heterocycles. The van der Waals surface area contributed by atoms with E-state index in [1.165, 1.54) is 12.1 Å². The number of esters is 1. The maximum atomic E-state index is 14.0. The monoisotopic (exact) mass is 627 g/mol. The predicted molar refractivity (Wildman–Crippen MR) is 177 cm³/mol. The number of carbonyl (C=O) groups excluding carboxylic acids is 1. The zero-order valence-corrected chi connectivity index (χ0v) is 26.3. The van der Waals surface area contributed by atoms with Crippen LogP contribution in [0.25, 0.3) is 11.3 Å². The van der Waals surface area contributed by atoms with E-state index in [0.717, 1.165) is 11.1 Å². The van der Waals surface area contributed by atoms with Crippen LogP contribution in [0, 0.1) is 46.8 Å². The molecule has 4 aromatic carbocycles. The minimum Gasteiger partial charge on any atom is -0.466 e. The van der Waals surface area contributed by atoms with Crippen molar-refractivity contribution in [2.24, 2.45) is 17.3 Å². The van der Waals surface area contributed by atoms with Gasteiger partial charge in [-0.1, -0.05) is 121 Å². The van der Waals surface area contributed by atoms with Crippen molar-refractivity contribution >= 4 is 27.3 Å². The van der Waals surface area contributed by atoms with Crippen LogP contribution < -0.4 is 4.72 Å². The Bertz CT molecular complexity index is 1930. The average Bonchev–Trinajstić information content (AvgIpc) is 3.09. The molecule has 1 aliphatic rings. The summed E-state index contributed by atoms with van der Waals surface area (Å²) in [5, 5.41) is 21.8. The van der Waals surface area contributed by atoms with Gasteiger partial charge in [0.15, 0.2) is 5.41 Å². The predicted octanol–water partition coefficient (Wildman–Crippen LogP) is 7.02. The molecule has 0 radical (unpaired) electrons. The molecule has 0 bridgehead atoms. The summed E-state index contributed by atoms with van der Waals surface area (Å²) in [6, 6.07) is 38.2. The van der Waals surface area contributed by atoms with Gasteiger partial charge in [0.2, 0.25) is 0 Å². The third kappa shape index (κ3) is 6.35. The minimum absolute atomic E-state index is 0.0457.